The first-order valence-electron chi connectivity index (χ1n) is 1.54. The summed E-state index contributed by atoms with van der Waals surface area (Å²) in [6.07, 6.45) is -1.16. The van der Waals surface area contributed by atoms with Crippen molar-refractivity contribution in [2.45, 2.75) is 0 Å². The van der Waals surface area contributed by atoms with Crippen LogP contribution in [0.25, 0.3) is 0 Å². The molecule has 9 heavy (non-hydrogen) atoms. The minimum atomic E-state index is -3.82. The van der Waals surface area contributed by atoms with Crippen molar-refractivity contribution in [2.75, 3.05) is 6.26 Å². The number of carbonyl (C=O) groups is 1. The third-order valence-corrected chi connectivity index (χ3v) is 0.668. The molecule has 5 nitrogen and oxygen atoms in total. The third kappa shape index (κ3) is 11.7. The van der Waals surface area contributed by atoms with Crippen molar-refractivity contribution in [3.63, 3.8) is 0 Å². The Bertz CT molecular complexity index is 181. The Morgan fingerprint density at radius 2 is 1.89 bits per heavy atom. The van der Waals surface area contributed by atoms with Gasteiger partial charge in [-0.05, 0) is 0 Å². The van der Waals surface area contributed by atoms with E-state index in [4.69, 9.17) is 5.11 Å². The molecule has 0 amide bonds. The van der Waals surface area contributed by atoms with Crippen molar-refractivity contribution in [3.05, 3.63) is 0 Å². The SMILES string of the molecule is CS(=O)(=O)OC(=O)O.[NaH]. The van der Waals surface area contributed by atoms with Gasteiger partial charge in [0.2, 0.25) is 0 Å². The summed E-state index contributed by atoms with van der Waals surface area (Å²) in [7, 11) is -3.82. The number of rotatable bonds is 1. The zero-order chi connectivity index (χ0) is 6.78. The van der Waals surface area contributed by atoms with Crippen molar-refractivity contribution in [3.8, 4) is 0 Å². The van der Waals surface area contributed by atoms with E-state index >= 15 is 0 Å². The molecular weight excluding hydrogens is 159 g/mol. The summed E-state index contributed by atoms with van der Waals surface area (Å²) in [5.41, 5.74) is 0. The predicted octanol–water partition coefficient (Wildman–Crippen LogP) is -1.01. The quantitative estimate of drug-likeness (QED) is 0.396. The Morgan fingerprint density at radius 1 is 1.56 bits per heavy atom. The van der Waals surface area contributed by atoms with E-state index < -0.39 is 16.3 Å². The summed E-state index contributed by atoms with van der Waals surface area (Å²) in [5, 5.41) is 7.65. The van der Waals surface area contributed by atoms with Crippen LogP contribution in [0.2, 0.25) is 0 Å². The summed E-state index contributed by atoms with van der Waals surface area (Å²) in [5.74, 6) is 0. The molecule has 7 heteroatoms. The first-order chi connectivity index (χ1) is 3.42. The van der Waals surface area contributed by atoms with Crippen LogP contribution in [0, 0.1) is 0 Å². The van der Waals surface area contributed by atoms with E-state index in [0.717, 1.165) is 0 Å². The first-order valence-corrected chi connectivity index (χ1v) is 3.36. The Balaban J connectivity index is 0. The van der Waals surface area contributed by atoms with Crippen LogP contribution in [0.5, 0.6) is 0 Å². The third-order valence-electron chi connectivity index (χ3n) is 0.223. The van der Waals surface area contributed by atoms with Gasteiger partial charge in [-0.25, -0.2) is 4.79 Å². The van der Waals surface area contributed by atoms with Gasteiger partial charge in [0, 0.05) is 0 Å². The van der Waals surface area contributed by atoms with E-state index in [9.17, 15) is 13.2 Å². The average molecular weight is 164 g/mol. The van der Waals surface area contributed by atoms with Gasteiger partial charge in [0.05, 0.1) is 6.26 Å². The van der Waals surface area contributed by atoms with E-state index in [2.05, 4.69) is 4.18 Å². The molecule has 0 aromatic rings. The molecule has 0 aliphatic heterocycles. The zero-order valence-electron chi connectivity index (χ0n) is 3.99. The van der Waals surface area contributed by atoms with Gasteiger partial charge in [-0.1, -0.05) is 0 Å². The van der Waals surface area contributed by atoms with Crippen molar-refractivity contribution >= 4 is 45.8 Å². The Morgan fingerprint density at radius 3 is 1.89 bits per heavy atom. The van der Waals surface area contributed by atoms with Gasteiger partial charge in [0.1, 0.15) is 0 Å². The first kappa shape index (κ1) is 12.0. The standard InChI is InChI=1S/C2H4O5S.Na.H/c1-8(5,6)7-2(3)4;;/h1H3,(H,3,4);;. The topological polar surface area (TPSA) is 80.7 Å². The molecule has 0 rings (SSSR count). The normalized spacial score (nSPS) is 9.44. The van der Waals surface area contributed by atoms with Crippen molar-refractivity contribution in [1.82, 2.24) is 0 Å². The second kappa shape index (κ2) is 4.10. The monoisotopic (exact) mass is 164 g/mol. The van der Waals surface area contributed by atoms with Crippen molar-refractivity contribution in [2.24, 2.45) is 0 Å². The fourth-order valence-electron chi connectivity index (χ4n) is 0.129. The molecule has 0 unspecified atom stereocenters. The van der Waals surface area contributed by atoms with Crippen LogP contribution in [-0.4, -0.2) is 55.5 Å². The van der Waals surface area contributed by atoms with Crippen LogP contribution in [-0.2, 0) is 14.3 Å². The van der Waals surface area contributed by atoms with E-state index in [1.54, 1.807) is 0 Å². The molecule has 0 heterocycles. The van der Waals surface area contributed by atoms with Gasteiger partial charge < -0.3 is 9.29 Å². The molecular formula is C2H5NaO5S. The predicted molar refractivity (Wildman–Crippen MR) is 31.1 cm³/mol. The van der Waals surface area contributed by atoms with Gasteiger partial charge in [-0.15, -0.1) is 0 Å². The maximum atomic E-state index is 9.84. The van der Waals surface area contributed by atoms with Crippen LogP contribution in [0.4, 0.5) is 4.79 Å². The summed E-state index contributed by atoms with van der Waals surface area (Å²) >= 11 is 0. The molecule has 0 saturated heterocycles. The molecule has 0 spiro atoms. The van der Waals surface area contributed by atoms with E-state index in [1.807, 2.05) is 0 Å². The Kier molecular flexibility index (Phi) is 5.45. The van der Waals surface area contributed by atoms with Crippen molar-refractivity contribution in [1.29, 1.82) is 0 Å². The van der Waals surface area contributed by atoms with Crippen LogP contribution in [0.1, 0.15) is 0 Å². The van der Waals surface area contributed by atoms with Gasteiger partial charge in [-0.3, -0.25) is 0 Å². The number of carboxylic acid groups (broad SMARTS) is 1. The number of hydrogen-bond acceptors (Lipinski definition) is 4. The van der Waals surface area contributed by atoms with Gasteiger partial charge >= 0.3 is 45.8 Å². The molecule has 0 radical (unpaired) electrons. The second-order valence-electron chi connectivity index (χ2n) is 1.05. The average Bonchev–Trinajstić information content (AvgIpc) is 1.21. The molecule has 0 bridgehead atoms. The maximum absolute atomic E-state index is 9.84. The summed E-state index contributed by atoms with van der Waals surface area (Å²) in [4.78, 5) is 9.41. The van der Waals surface area contributed by atoms with Gasteiger partial charge in [0.25, 0.3) is 0 Å². The molecule has 0 fully saturated rings. The minimum absolute atomic E-state index is 0. The summed E-state index contributed by atoms with van der Waals surface area (Å²) in [6.45, 7) is 0. The summed E-state index contributed by atoms with van der Waals surface area (Å²) < 4.78 is 23.0. The van der Waals surface area contributed by atoms with Crippen LogP contribution >= 0.6 is 0 Å². The molecule has 0 aliphatic rings. The molecule has 0 saturated carbocycles. The Labute approximate surface area is 74.4 Å². The Hall–Kier alpha value is 0.220. The molecule has 0 atom stereocenters. The van der Waals surface area contributed by atoms with E-state index in [0.29, 0.717) is 6.26 Å². The van der Waals surface area contributed by atoms with E-state index in [-0.39, 0.29) is 29.6 Å². The van der Waals surface area contributed by atoms with Crippen LogP contribution < -0.4 is 0 Å². The molecule has 1 N–H and O–H groups in total. The fourth-order valence-corrected chi connectivity index (χ4v) is 0.388. The van der Waals surface area contributed by atoms with Gasteiger partial charge in [-0.2, -0.15) is 8.42 Å². The van der Waals surface area contributed by atoms with Gasteiger partial charge in [0.15, 0.2) is 0 Å². The number of hydrogen-bond donors (Lipinski definition) is 1. The second-order valence-corrected chi connectivity index (χ2v) is 2.63. The molecule has 50 valence electrons. The van der Waals surface area contributed by atoms with Crippen molar-refractivity contribution < 1.29 is 22.5 Å². The van der Waals surface area contributed by atoms with E-state index in [1.165, 1.54) is 0 Å². The summed E-state index contributed by atoms with van der Waals surface area (Å²) in [6, 6.07) is 0. The van der Waals surface area contributed by atoms with Crippen LogP contribution in [0.15, 0.2) is 0 Å². The zero-order valence-corrected chi connectivity index (χ0v) is 4.80. The molecule has 0 aromatic heterocycles. The molecule has 0 aliphatic carbocycles. The van der Waals surface area contributed by atoms with Crippen LogP contribution in [0.3, 0.4) is 0 Å². The fraction of sp³-hybridized carbons (Fsp3) is 0.500. The molecule has 0 aromatic carbocycles.